The molecule has 0 spiro atoms. The number of nitrogens with zero attached hydrogens (tertiary/aromatic N) is 2. The lowest BCUT2D eigenvalue weighted by atomic mass is 10.2. The molecular formula is C21H18N4O7S. The van der Waals surface area contributed by atoms with Gasteiger partial charge in [-0.05, 0) is 42.0 Å². The third kappa shape index (κ3) is 5.68. The van der Waals surface area contributed by atoms with Gasteiger partial charge < -0.3 is 9.88 Å². The van der Waals surface area contributed by atoms with Crippen molar-refractivity contribution in [3.05, 3.63) is 98.5 Å². The summed E-state index contributed by atoms with van der Waals surface area (Å²) in [6, 6.07) is 13.7. The molecule has 2 N–H and O–H groups in total. The molecule has 0 aliphatic heterocycles. The molecule has 170 valence electrons. The van der Waals surface area contributed by atoms with E-state index in [0.717, 1.165) is 6.92 Å². The zero-order valence-electron chi connectivity index (χ0n) is 17.2. The molecule has 0 radical (unpaired) electrons. The Hall–Kier alpha value is -4.32. The number of carbonyl (C=O) groups excluding carboxylic acids is 2. The van der Waals surface area contributed by atoms with E-state index in [9.17, 15) is 32.9 Å². The first-order chi connectivity index (χ1) is 15.6. The van der Waals surface area contributed by atoms with Crippen molar-refractivity contribution in [1.29, 1.82) is 0 Å². The van der Waals surface area contributed by atoms with Gasteiger partial charge in [-0.25, -0.2) is 13.1 Å². The van der Waals surface area contributed by atoms with Crippen molar-refractivity contribution in [1.82, 2.24) is 9.29 Å². The van der Waals surface area contributed by atoms with E-state index >= 15 is 0 Å². The molecule has 33 heavy (non-hydrogen) atoms. The number of nitro groups is 1. The van der Waals surface area contributed by atoms with Gasteiger partial charge in [-0.1, -0.05) is 12.1 Å². The van der Waals surface area contributed by atoms with Crippen molar-refractivity contribution in [3.63, 3.8) is 0 Å². The van der Waals surface area contributed by atoms with Crippen LogP contribution in [0.4, 0.5) is 11.4 Å². The Labute approximate surface area is 187 Å². The highest BCUT2D eigenvalue weighted by Gasteiger charge is 2.17. The lowest BCUT2D eigenvalue weighted by molar-refractivity contribution is -0.384. The Morgan fingerprint density at radius 1 is 1.06 bits per heavy atom. The minimum Gasteiger partial charge on any atom is -0.322 e. The molecule has 3 rings (SSSR count). The summed E-state index contributed by atoms with van der Waals surface area (Å²) in [5.74, 6) is -1.45. The van der Waals surface area contributed by atoms with Gasteiger partial charge in [-0.2, -0.15) is 0 Å². The molecule has 0 atom stereocenters. The molecule has 0 aliphatic rings. The minimum atomic E-state index is -4.02. The van der Waals surface area contributed by atoms with Gasteiger partial charge in [0.05, 0.1) is 16.4 Å². The second kappa shape index (κ2) is 9.44. The maximum atomic E-state index is 12.8. The maximum absolute atomic E-state index is 12.8. The number of carbonyl (C=O) groups is 2. The SMILES string of the molecule is CC(=O)NS(=O)(=O)c1ccc(NC(=O)c2cccn(Cc3cccc([N+](=O)[O-])c3)c2=O)cc1. The number of pyridine rings is 1. The van der Waals surface area contributed by atoms with Crippen LogP contribution in [0.5, 0.6) is 0 Å². The molecule has 0 fully saturated rings. The van der Waals surface area contributed by atoms with E-state index in [1.165, 1.54) is 65.4 Å². The highest BCUT2D eigenvalue weighted by Crippen LogP contribution is 2.16. The molecular weight excluding hydrogens is 452 g/mol. The highest BCUT2D eigenvalue weighted by molar-refractivity contribution is 7.90. The van der Waals surface area contributed by atoms with Gasteiger partial charge in [0, 0.05) is 30.9 Å². The van der Waals surface area contributed by atoms with Crippen LogP contribution in [0, 0.1) is 10.1 Å². The topological polar surface area (TPSA) is 157 Å². The maximum Gasteiger partial charge on any atom is 0.269 e. The number of rotatable bonds is 7. The Morgan fingerprint density at radius 3 is 2.39 bits per heavy atom. The van der Waals surface area contributed by atoms with Crippen LogP contribution in [0.1, 0.15) is 22.8 Å². The van der Waals surface area contributed by atoms with E-state index in [4.69, 9.17) is 0 Å². The Bertz CT molecular complexity index is 1400. The third-order valence-electron chi connectivity index (χ3n) is 4.44. The van der Waals surface area contributed by atoms with Crippen molar-refractivity contribution in [3.8, 4) is 0 Å². The molecule has 12 heteroatoms. The second-order valence-corrected chi connectivity index (χ2v) is 8.60. The van der Waals surface area contributed by atoms with Crippen LogP contribution in [0.2, 0.25) is 0 Å². The largest absolute Gasteiger partial charge is 0.322 e. The Kier molecular flexibility index (Phi) is 6.68. The number of hydrogen-bond acceptors (Lipinski definition) is 7. The lowest BCUT2D eigenvalue weighted by Gasteiger charge is -2.10. The summed E-state index contributed by atoms with van der Waals surface area (Å²) in [5, 5.41) is 13.5. The fourth-order valence-electron chi connectivity index (χ4n) is 2.96. The summed E-state index contributed by atoms with van der Waals surface area (Å²) in [6.45, 7) is 1.09. The predicted molar refractivity (Wildman–Crippen MR) is 118 cm³/mol. The number of amides is 2. The number of anilines is 1. The van der Waals surface area contributed by atoms with Crippen LogP contribution < -0.4 is 15.6 Å². The van der Waals surface area contributed by atoms with Gasteiger partial charge in [0.2, 0.25) is 5.91 Å². The molecule has 0 unspecified atom stereocenters. The van der Waals surface area contributed by atoms with E-state index in [2.05, 4.69) is 5.32 Å². The molecule has 2 amide bonds. The fourth-order valence-corrected chi connectivity index (χ4v) is 3.95. The van der Waals surface area contributed by atoms with Crippen molar-refractivity contribution >= 4 is 33.2 Å². The molecule has 0 bridgehead atoms. The molecule has 1 aromatic heterocycles. The van der Waals surface area contributed by atoms with Gasteiger partial charge in [-0.3, -0.25) is 24.5 Å². The first-order valence-electron chi connectivity index (χ1n) is 9.44. The Morgan fingerprint density at radius 2 is 1.76 bits per heavy atom. The molecule has 0 saturated carbocycles. The number of non-ortho nitro benzene ring substituents is 1. The van der Waals surface area contributed by atoms with Crippen molar-refractivity contribution in [2.75, 3.05) is 5.32 Å². The first-order valence-corrected chi connectivity index (χ1v) is 10.9. The number of hydrogen-bond donors (Lipinski definition) is 2. The van der Waals surface area contributed by atoms with E-state index in [0.29, 0.717) is 5.56 Å². The standard InChI is InChI=1S/C21H18N4O7S/c1-14(26)23-33(31,32)18-9-7-16(8-10-18)22-20(27)19-6-3-11-24(21(19)28)13-15-4-2-5-17(12-15)25(29)30/h2-12H,13H2,1H3,(H,22,27)(H,23,26). The summed E-state index contributed by atoms with van der Waals surface area (Å²) in [5.41, 5.74) is -0.141. The zero-order valence-corrected chi connectivity index (χ0v) is 18.0. The van der Waals surface area contributed by atoms with Crippen LogP contribution in [-0.4, -0.2) is 29.7 Å². The molecule has 0 saturated heterocycles. The summed E-state index contributed by atoms with van der Waals surface area (Å²) in [7, 11) is -4.02. The molecule has 0 aliphatic carbocycles. The summed E-state index contributed by atoms with van der Waals surface area (Å²) in [4.78, 5) is 46.6. The van der Waals surface area contributed by atoms with Gasteiger partial charge in [0.1, 0.15) is 5.56 Å². The number of benzene rings is 2. The fraction of sp³-hybridized carbons (Fsp3) is 0.0952. The van der Waals surface area contributed by atoms with Crippen molar-refractivity contribution in [2.45, 2.75) is 18.4 Å². The van der Waals surface area contributed by atoms with Crippen molar-refractivity contribution in [2.24, 2.45) is 0 Å². The summed E-state index contributed by atoms with van der Waals surface area (Å²) < 4.78 is 27.1. The number of aromatic nitrogens is 1. The van der Waals surface area contributed by atoms with Crippen LogP contribution in [0.25, 0.3) is 0 Å². The number of nitrogens with one attached hydrogen (secondary N) is 2. The van der Waals surface area contributed by atoms with Crippen LogP contribution in [-0.2, 0) is 21.4 Å². The van der Waals surface area contributed by atoms with Crippen LogP contribution in [0.15, 0.2) is 76.6 Å². The normalized spacial score (nSPS) is 10.9. The molecule has 3 aromatic rings. The highest BCUT2D eigenvalue weighted by atomic mass is 32.2. The average molecular weight is 470 g/mol. The van der Waals surface area contributed by atoms with E-state index < -0.39 is 32.3 Å². The third-order valence-corrected chi connectivity index (χ3v) is 5.89. The molecule has 2 aromatic carbocycles. The average Bonchev–Trinajstić information content (AvgIpc) is 2.75. The lowest BCUT2D eigenvalue weighted by Crippen LogP contribution is -2.29. The monoisotopic (exact) mass is 470 g/mol. The van der Waals surface area contributed by atoms with E-state index in [1.807, 2.05) is 4.72 Å². The molecule has 1 heterocycles. The second-order valence-electron chi connectivity index (χ2n) is 6.92. The van der Waals surface area contributed by atoms with E-state index in [1.54, 1.807) is 6.07 Å². The van der Waals surface area contributed by atoms with E-state index in [-0.39, 0.29) is 28.4 Å². The smallest absolute Gasteiger partial charge is 0.269 e. The number of sulfonamides is 1. The van der Waals surface area contributed by atoms with Crippen molar-refractivity contribution < 1.29 is 22.9 Å². The zero-order chi connectivity index (χ0) is 24.2. The number of nitro benzene ring substituents is 1. The van der Waals surface area contributed by atoms with Gasteiger partial charge in [0.25, 0.3) is 27.2 Å². The minimum absolute atomic E-state index is 0.0251. The Balaban J connectivity index is 1.79. The predicted octanol–water partition coefficient (Wildman–Crippen LogP) is 1.88. The molecule has 11 nitrogen and oxygen atoms in total. The van der Waals surface area contributed by atoms with Gasteiger partial charge >= 0.3 is 0 Å². The summed E-state index contributed by atoms with van der Waals surface area (Å²) in [6.07, 6.45) is 1.46. The van der Waals surface area contributed by atoms with Crippen LogP contribution in [0.3, 0.4) is 0 Å². The van der Waals surface area contributed by atoms with Gasteiger partial charge in [0.15, 0.2) is 0 Å². The first kappa shape index (κ1) is 23.3. The van der Waals surface area contributed by atoms with Crippen LogP contribution >= 0.6 is 0 Å². The summed E-state index contributed by atoms with van der Waals surface area (Å²) >= 11 is 0. The van der Waals surface area contributed by atoms with Gasteiger partial charge in [-0.15, -0.1) is 0 Å². The quantitative estimate of drug-likeness (QED) is 0.394.